The molecule has 250 valence electrons. The third-order valence-corrected chi connectivity index (χ3v) is 10.9. The number of rotatable bonds is 10. The number of ether oxygens (including phenoxy) is 1. The highest BCUT2D eigenvalue weighted by molar-refractivity contribution is 7.70. The van der Waals surface area contributed by atoms with Crippen molar-refractivity contribution in [3.05, 3.63) is 89.1 Å². The lowest BCUT2D eigenvalue weighted by Gasteiger charge is -2.34. The molecule has 3 aromatic carbocycles. The Morgan fingerprint density at radius 2 is 1.73 bits per heavy atom. The van der Waals surface area contributed by atoms with E-state index in [4.69, 9.17) is 16.3 Å². The first-order valence-electron chi connectivity index (χ1n) is 16.1. The van der Waals surface area contributed by atoms with Crippen molar-refractivity contribution in [1.82, 2.24) is 15.3 Å². The second-order valence-electron chi connectivity index (χ2n) is 12.8. The Morgan fingerprint density at radius 1 is 0.979 bits per heavy atom. The molecule has 2 saturated heterocycles. The van der Waals surface area contributed by atoms with Crippen molar-refractivity contribution < 1.29 is 18.9 Å². The maximum Gasteiger partial charge on any atom is 0.234 e. The molecule has 0 spiro atoms. The fraction of sp³-hybridized carbons (Fsp3) is 0.333. The van der Waals surface area contributed by atoms with E-state index in [1.54, 1.807) is 20.4 Å². The first kappa shape index (κ1) is 33.5. The number of carbonyl (C=O) groups excluding carboxylic acids is 2. The van der Waals surface area contributed by atoms with Crippen molar-refractivity contribution in [3.63, 3.8) is 0 Å². The highest BCUT2D eigenvalue weighted by atomic mass is 35.5. The lowest BCUT2D eigenvalue weighted by Crippen LogP contribution is -2.39. The molecule has 1 aromatic heterocycles. The number of carbonyl (C=O) groups is 2. The van der Waals surface area contributed by atoms with E-state index in [2.05, 4.69) is 55.1 Å². The third kappa shape index (κ3) is 7.83. The summed E-state index contributed by atoms with van der Waals surface area (Å²) in [6.45, 7) is 5.38. The summed E-state index contributed by atoms with van der Waals surface area (Å²) >= 11 is 6.44. The number of nitrogens with zero attached hydrogens (tertiary/aromatic N) is 3. The molecule has 48 heavy (non-hydrogen) atoms. The number of hydrogen-bond donors (Lipinski definition) is 3. The Morgan fingerprint density at radius 3 is 2.44 bits per heavy atom. The van der Waals surface area contributed by atoms with Crippen LogP contribution in [0.2, 0.25) is 5.02 Å². The third-order valence-electron chi connectivity index (χ3n) is 9.03. The van der Waals surface area contributed by atoms with Gasteiger partial charge in [-0.15, -0.1) is 0 Å². The number of halogens is 1. The summed E-state index contributed by atoms with van der Waals surface area (Å²) < 4.78 is 18.6. The molecule has 1 atom stereocenters. The summed E-state index contributed by atoms with van der Waals surface area (Å²) in [5.41, 5.74) is 4.73. The zero-order chi connectivity index (χ0) is 33.8. The molecular weight excluding hydrogens is 647 g/mol. The molecule has 2 fully saturated rings. The van der Waals surface area contributed by atoms with Crippen LogP contribution in [0.4, 0.5) is 28.8 Å². The van der Waals surface area contributed by atoms with Crippen LogP contribution in [0.5, 0.6) is 5.75 Å². The van der Waals surface area contributed by atoms with E-state index in [9.17, 15) is 14.2 Å². The van der Waals surface area contributed by atoms with E-state index in [0.717, 1.165) is 54.6 Å². The SMILES string of the molecule is COc1cc(CC2CCN(c3ccc(C4CCC(=O)NC4=O)cc3)CC2)ccc1Nc1ncc(Cl)c(Nc2ccccc2P(C)(C)=O)n1. The topological polar surface area (TPSA) is 126 Å². The molecule has 1 unspecified atom stereocenters. The van der Waals surface area contributed by atoms with E-state index in [1.807, 2.05) is 42.5 Å². The van der Waals surface area contributed by atoms with Crippen LogP contribution in [-0.2, 0) is 20.6 Å². The molecule has 10 nitrogen and oxygen atoms in total. The van der Waals surface area contributed by atoms with Crippen LogP contribution in [0.15, 0.2) is 72.9 Å². The maximum atomic E-state index is 12.8. The zero-order valence-corrected chi connectivity index (χ0v) is 29.0. The number of hydrogen-bond acceptors (Lipinski definition) is 9. The summed E-state index contributed by atoms with van der Waals surface area (Å²) in [6, 6.07) is 21.8. The van der Waals surface area contributed by atoms with Crippen molar-refractivity contribution in [2.24, 2.45) is 5.92 Å². The van der Waals surface area contributed by atoms with E-state index >= 15 is 0 Å². The molecule has 2 aliphatic rings. The maximum absolute atomic E-state index is 12.8. The summed E-state index contributed by atoms with van der Waals surface area (Å²) in [5.74, 6) is 1.33. The minimum Gasteiger partial charge on any atom is -0.495 e. The van der Waals surface area contributed by atoms with Crippen molar-refractivity contribution in [2.45, 2.75) is 38.0 Å². The Kier molecular flexibility index (Phi) is 10.0. The Balaban J connectivity index is 1.06. The highest BCUT2D eigenvalue weighted by Gasteiger charge is 2.28. The molecule has 0 bridgehead atoms. The van der Waals surface area contributed by atoms with Gasteiger partial charge < -0.3 is 24.8 Å². The molecule has 2 amide bonds. The number of amides is 2. The largest absolute Gasteiger partial charge is 0.495 e. The number of aromatic nitrogens is 2. The second kappa shape index (κ2) is 14.4. The number of piperidine rings is 2. The van der Waals surface area contributed by atoms with Gasteiger partial charge >= 0.3 is 0 Å². The van der Waals surface area contributed by atoms with Gasteiger partial charge in [0, 0.05) is 30.5 Å². The molecule has 0 aliphatic carbocycles. The van der Waals surface area contributed by atoms with Gasteiger partial charge in [0.15, 0.2) is 5.82 Å². The summed E-state index contributed by atoms with van der Waals surface area (Å²) in [7, 11) is -0.886. The van der Waals surface area contributed by atoms with Crippen LogP contribution in [0, 0.1) is 5.92 Å². The zero-order valence-electron chi connectivity index (χ0n) is 27.3. The molecule has 6 rings (SSSR count). The van der Waals surface area contributed by atoms with Gasteiger partial charge in [0.05, 0.1) is 30.6 Å². The first-order chi connectivity index (χ1) is 23.1. The minimum absolute atomic E-state index is 0.192. The van der Waals surface area contributed by atoms with E-state index < -0.39 is 7.14 Å². The van der Waals surface area contributed by atoms with Crippen molar-refractivity contribution >= 4 is 64.7 Å². The molecule has 3 heterocycles. The fourth-order valence-electron chi connectivity index (χ4n) is 6.44. The molecule has 0 radical (unpaired) electrons. The Bertz CT molecular complexity index is 1860. The molecule has 2 aliphatic heterocycles. The average Bonchev–Trinajstić information content (AvgIpc) is 3.07. The van der Waals surface area contributed by atoms with Gasteiger partial charge in [-0.2, -0.15) is 4.98 Å². The Hall–Kier alpha value is -4.40. The summed E-state index contributed by atoms with van der Waals surface area (Å²) in [6.07, 6.45) is 5.55. The van der Waals surface area contributed by atoms with Crippen molar-refractivity contribution in [2.75, 3.05) is 49.1 Å². The molecule has 12 heteroatoms. The van der Waals surface area contributed by atoms with Crippen molar-refractivity contribution in [3.8, 4) is 5.75 Å². The normalized spacial score (nSPS) is 17.2. The quantitative estimate of drug-likeness (QED) is 0.121. The lowest BCUT2D eigenvalue weighted by atomic mass is 9.89. The van der Waals surface area contributed by atoms with Crippen molar-refractivity contribution in [1.29, 1.82) is 0 Å². The highest BCUT2D eigenvalue weighted by Crippen LogP contribution is 2.39. The van der Waals surface area contributed by atoms with Gasteiger partial charge in [0.25, 0.3) is 0 Å². The minimum atomic E-state index is -2.53. The molecule has 4 aromatic rings. The first-order valence-corrected chi connectivity index (χ1v) is 19.1. The molecule has 0 saturated carbocycles. The van der Waals surface area contributed by atoms with Crippen LogP contribution in [0.3, 0.4) is 0 Å². The van der Waals surface area contributed by atoms with Gasteiger partial charge in [-0.1, -0.05) is 41.9 Å². The van der Waals surface area contributed by atoms with E-state index in [1.165, 1.54) is 11.8 Å². The number of methoxy groups -OCH3 is 1. The smallest absolute Gasteiger partial charge is 0.234 e. The predicted octanol–water partition coefficient (Wildman–Crippen LogP) is 6.85. The fourth-order valence-corrected chi connectivity index (χ4v) is 7.73. The lowest BCUT2D eigenvalue weighted by molar-refractivity contribution is -0.134. The van der Waals surface area contributed by atoms with Crippen LogP contribution >= 0.6 is 18.7 Å². The van der Waals surface area contributed by atoms with E-state index in [-0.39, 0.29) is 17.7 Å². The number of imide groups is 1. The van der Waals surface area contributed by atoms with Crippen LogP contribution in [0.25, 0.3) is 0 Å². The number of anilines is 5. The number of benzene rings is 3. The van der Waals surface area contributed by atoms with Crippen LogP contribution in [0.1, 0.15) is 42.7 Å². The van der Waals surface area contributed by atoms with Crippen LogP contribution < -0.4 is 30.9 Å². The summed E-state index contributed by atoms with van der Waals surface area (Å²) in [4.78, 5) is 35.1. The molecular formula is C36H40ClN6O4P. The van der Waals surface area contributed by atoms with Gasteiger partial charge in [-0.3, -0.25) is 14.9 Å². The molecule has 3 N–H and O–H groups in total. The van der Waals surface area contributed by atoms with Gasteiger partial charge in [0.1, 0.15) is 17.9 Å². The summed E-state index contributed by atoms with van der Waals surface area (Å²) in [5, 5.41) is 10.0. The average molecular weight is 687 g/mol. The number of para-hydroxylation sites is 1. The van der Waals surface area contributed by atoms with Gasteiger partial charge in [0.2, 0.25) is 17.8 Å². The van der Waals surface area contributed by atoms with Crippen LogP contribution in [-0.4, -0.2) is 55.3 Å². The second-order valence-corrected chi connectivity index (χ2v) is 16.4. The Labute approximate surface area is 286 Å². The van der Waals surface area contributed by atoms with Gasteiger partial charge in [-0.05, 0) is 92.5 Å². The van der Waals surface area contributed by atoms with E-state index in [0.29, 0.717) is 47.0 Å². The van der Waals surface area contributed by atoms with Gasteiger partial charge in [-0.25, -0.2) is 4.98 Å². The monoisotopic (exact) mass is 686 g/mol. The standard InChI is InChI=1S/C36H40ClN6O4P/c1-47-31-21-24(20-23-16-18-43(19-17-23)26-11-9-25(10-12-26)27-13-15-33(44)41-35(27)45)8-14-29(31)40-36-38-22-28(37)34(42-36)39-30-6-4-5-7-32(30)48(2,3)46/h4-12,14,21-23,27H,13,15-20H2,1-3H3,(H,41,44,45)(H2,38,39,40,42). The number of nitrogens with one attached hydrogen (secondary N) is 3. The predicted molar refractivity (Wildman–Crippen MR) is 192 cm³/mol.